The summed E-state index contributed by atoms with van der Waals surface area (Å²) in [6, 6.07) is 10.3. The topological polar surface area (TPSA) is 56.7 Å². The third kappa shape index (κ3) is 4.97. The van der Waals surface area contributed by atoms with E-state index in [2.05, 4.69) is 84.1 Å². The van der Waals surface area contributed by atoms with Gasteiger partial charge in [0.05, 0.1) is 0 Å². The van der Waals surface area contributed by atoms with Crippen molar-refractivity contribution in [1.82, 2.24) is 20.2 Å². The van der Waals surface area contributed by atoms with Crippen LogP contribution in [0.2, 0.25) is 0 Å². The monoisotopic (exact) mass is 430 g/mol. The predicted molar refractivity (Wildman–Crippen MR) is 114 cm³/mol. The van der Waals surface area contributed by atoms with Gasteiger partial charge in [-0.15, -0.1) is 0 Å². The summed E-state index contributed by atoms with van der Waals surface area (Å²) in [5.41, 5.74) is 1.30. The van der Waals surface area contributed by atoms with Gasteiger partial charge in [-0.1, -0.05) is 41.9 Å². The van der Waals surface area contributed by atoms with Gasteiger partial charge >= 0.3 is 0 Å². The second-order valence-corrected chi connectivity index (χ2v) is 8.23. The lowest BCUT2D eigenvalue weighted by Crippen LogP contribution is -2.54. The maximum absolute atomic E-state index is 4.50. The van der Waals surface area contributed by atoms with Crippen molar-refractivity contribution in [3.8, 4) is 0 Å². The van der Waals surface area contributed by atoms with E-state index in [-0.39, 0.29) is 5.41 Å². The molecule has 0 spiro atoms. The molecule has 1 aliphatic rings. The molecule has 27 heavy (non-hydrogen) atoms. The minimum Gasteiger partial charge on any atom is -0.355 e. The van der Waals surface area contributed by atoms with Crippen LogP contribution in [0.25, 0.3) is 0 Å². The molecule has 2 heterocycles. The van der Waals surface area contributed by atoms with Gasteiger partial charge in [-0.25, -0.2) is 9.97 Å². The molecule has 6 nitrogen and oxygen atoms in total. The Morgan fingerprint density at radius 1 is 1.15 bits per heavy atom. The Labute approximate surface area is 169 Å². The molecular weight excluding hydrogens is 404 g/mol. The van der Waals surface area contributed by atoms with Crippen molar-refractivity contribution in [3.63, 3.8) is 0 Å². The highest BCUT2D eigenvalue weighted by Crippen LogP contribution is 2.25. The van der Waals surface area contributed by atoms with E-state index in [1.807, 2.05) is 13.1 Å². The molecule has 0 bridgehead atoms. The number of anilines is 1. The zero-order valence-corrected chi connectivity index (χ0v) is 17.8. The highest BCUT2D eigenvalue weighted by molar-refractivity contribution is 9.10. The molecule has 0 amide bonds. The third-order valence-electron chi connectivity index (χ3n) is 4.92. The molecule has 0 atom stereocenters. The lowest BCUT2D eigenvalue weighted by Gasteiger charge is -2.37. The Kier molecular flexibility index (Phi) is 6.31. The predicted octanol–water partition coefficient (Wildman–Crippen LogP) is 2.91. The van der Waals surface area contributed by atoms with E-state index < -0.39 is 0 Å². The summed E-state index contributed by atoms with van der Waals surface area (Å²) in [5.74, 6) is 1.75. The van der Waals surface area contributed by atoms with Crippen molar-refractivity contribution in [1.29, 1.82) is 0 Å². The van der Waals surface area contributed by atoms with Crippen molar-refractivity contribution < 1.29 is 0 Å². The average Bonchev–Trinajstić information content (AvgIpc) is 2.69. The molecule has 7 heteroatoms. The number of rotatable bonds is 4. The van der Waals surface area contributed by atoms with Gasteiger partial charge in [0.1, 0.15) is 0 Å². The number of hydrogen-bond acceptors (Lipinski definition) is 4. The van der Waals surface area contributed by atoms with Crippen LogP contribution in [0.15, 0.2) is 52.2 Å². The van der Waals surface area contributed by atoms with Gasteiger partial charge in [0, 0.05) is 62.1 Å². The normalized spacial score (nSPS) is 15.8. The number of guanidine groups is 1. The maximum Gasteiger partial charge on any atom is 0.225 e. The summed E-state index contributed by atoms with van der Waals surface area (Å²) in [5, 5.41) is 3.56. The first-order valence-electron chi connectivity index (χ1n) is 9.23. The standard InChI is InChI=1S/C20H27BrN6/c1-20(2,16-6-4-7-17(21)14-16)15-25-18(22-3)26-10-12-27(13-11-26)19-23-8-5-9-24-19/h4-9,14H,10-13,15H2,1-3H3,(H,22,25). The molecule has 0 aliphatic carbocycles. The summed E-state index contributed by atoms with van der Waals surface area (Å²) < 4.78 is 1.11. The average molecular weight is 431 g/mol. The number of aliphatic imine (C=N–C) groups is 1. The van der Waals surface area contributed by atoms with Gasteiger partial charge in [0.15, 0.2) is 5.96 Å². The van der Waals surface area contributed by atoms with Crippen LogP contribution in [0.1, 0.15) is 19.4 Å². The summed E-state index contributed by atoms with van der Waals surface area (Å²) >= 11 is 3.57. The molecule has 1 aromatic carbocycles. The zero-order valence-electron chi connectivity index (χ0n) is 16.2. The number of aromatic nitrogens is 2. The number of halogens is 1. The fourth-order valence-corrected chi connectivity index (χ4v) is 3.62. The van der Waals surface area contributed by atoms with Crippen molar-refractivity contribution in [2.45, 2.75) is 19.3 Å². The Bertz CT molecular complexity index is 769. The van der Waals surface area contributed by atoms with Gasteiger partial charge in [0.25, 0.3) is 0 Å². The maximum atomic E-state index is 4.50. The highest BCUT2D eigenvalue weighted by atomic mass is 79.9. The molecule has 1 fully saturated rings. The van der Waals surface area contributed by atoms with E-state index in [0.717, 1.165) is 49.1 Å². The van der Waals surface area contributed by atoms with E-state index in [4.69, 9.17) is 0 Å². The molecular formula is C20H27BrN6. The first-order chi connectivity index (χ1) is 13.0. The SMILES string of the molecule is CN=C(NCC(C)(C)c1cccc(Br)c1)N1CCN(c2ncccn2)CC1. The molecule has 0 saturated carbocycles. The van der Waals surface area contributed by atoms with Crippen LogP contribution in [0.4, 0.5) is 5.95 Å². The highest BCUT2D eigenvalue weighted by Gasteiger charge is 2.24. The molecule has 1 N–H and O–H groups in total. The van der Waals surface area contributed by atoms with Gasteiger partial charge in [0.2, 0.25) is 5.95 Å². The van der Waals surface area contributed by atoms with Crippen LogP contribution in [0.5, 0.6) is 0 Å². The number of nitrogens with zero attached hydrogens (tertiary/aromatic N) is 5. The largest absolute Gasteiger partial charge is 0.355 e. The van der Waals surface area contributed by atoms with Crippen LogP contribution in [0, 0.1) is 0 Å². The Hall–Kier alpha value is -2.15. The van der Waals surface area contributed by atoms with Gasteiger partial charge in [-0.3, -0.25) is 4.99 Å². The number of hydrogen-bond donors (Lipinski definition) is 1. The van der Waals surface area contributed by atoms with E-state index in [0.29, 0.717) is 0 Å². The van der Waals surface area contributed by atoms with Crippen LogP contribution in [-0.4, -0.2) is 60.6 Å². The minimum absolute atomic E-state index is 0.000575. The number of piperazine rings is 1. The smallest absolute Gasteiger partial charge is 0.225 e. The molecule has 144 valence electrons. The van der Waals surface area contributed by atoms with E-state index in [9.17, 15) is 0 Å². The molecule has 3 rings (SSSR count). The summed E-state index contributed by atoms with van der Waals surface area (Å²) in [6.07, 6.45) is 3.58. The number of nitrogens with one attached hydrogen (secondary N) is 1. The Morgan fingerprint density at radius 2 is 1.85 bits per heavy atom. The van der Waals surface area contributed by atoms with Crippen molar-refractivity contribution >= 4 is 27.8 Å². The quantitative estimate of drug-likeness (QED) is 0.596. The van der Waals surface area contributed by atoms with Crippen LogP contribution in [0.3, 0.4) is 0 Å². The molecule has 1 saturated heterocycles. The molecule has 2 aromatic rings. The van der Waals surface area contributed by atoms with Gasteiger partial charge in [-0.05, 0) is 23.8 Å². The molecule has 0 radical (unpaired) electrons. The van der Waals surface area contributed by atoms with Crippen molar-refractivity contribution in [2.24, 2.45) is 4.99 Å². The summed E-state index contributed by atoms with van der Waals surface area (Å²) in [6.45, 7) is 8.89. The first-order valence-corrected chi connectivity index (χ1v) is 10.0. The van der Waals surface area contributed by atoms with Crippen molar-refractivity contribution in [3.05, 3.63) is 52.8 Å². The third-order valence-corrected chi connectivity index (χ3v) is 5.41. The second-order valence-electron chi connectivity index (χ2n) is 7.32. The second kappa shape index (κ2) is 8.69. The van der Waals surface area contributed by atoms with E-state index in [1.165, 1.54) is 5.56 Å². The molecule has 1 aromatic heterocycles. The molecule has 0 unspecified atom stereocenters. The van der Waals surface area contributed by atoms with Crippen molar-refractivity contribution in [2.75, 3.05) is 44.7 Å². The molecule has 1 aliphatic heterocycles. The Balaban J connectivity index is 1.57. The van der Waals surface area contributed by atoms with Crippen LogP contribution < -0.4 is 10.2 Å². The lowest BCUT2D eigenvalue weighted by atomic mass is 9.85. The first kappa shape index (κ1) is 19.6. The van der Waals surface area contributed by atoms with Gasteiger partial charge < -0.3 is 15.1 Å². The van der Waals surface area contributed by atoms with Crippen LogP contribution >= 0.6 is 15.9 Å². The fraction of sp³-hybridized carbons (Fsp3) is 0.450. The number of benzene rings is 1. The van der Waals surface area contributed by atoms with Crippen LogP contribution in [-0.2, 0) is 5.41 Å². The van der Waals surface area contributed by atoms with Gasteiger partial charge in [-0.2, -0.15) is 0 Å². The Morgan fingerprint density at radius 3 is 2.48 bits per heavy atom. The fourth-order valence-electron chi connectivity index (χ4n) is 3.22. The summed E-state index contributed by atoms with van der Waals surface area (Å²) in [4.78, 5) is 17.7. The summed E-state index contributed by atoms with van der Waals surface area (Å²) in [7, 11) is 1.85. The lowest BCUT2D eigenvalue weighted by molar-refractivity contribution is 0.364. The minimum atomic E-state index is -0.000575. The van der Waals surface area contributed by atoms with E-state index in [1.54, 1.807) is 12.4 Å². The zero-order chi connectivity index (χ0) is 19.3. The van der Waals surface area contributed by atoms with E-state index >= 15 is 0 Å².